The molecule has 2 rings (SSSR count). The Balaban J connectivity index is 2.48. The standard InChI is InChI=1S/C17H20O5/c1-11-12(2)22-14(13-8-6-5-7-9-13)10-17(11,15(18)20-3)16(19)21-4/h5-9,12,14H,1,10H2,2-4H3. The number of carbonyl (C=O) groups excluding carboxylic acids is 2. The van der Waals surface area contributed by atoms with Crippen LogP contribution in [-0.4, -0.2) is 32.3 Å². The summed E-state index contributed by atoms with van der Waals surface area (Å²) < 4.78 is 15.6. The summed E-state index contributed by atoms with van der Waals surface area (Å²) in [6, 6.07) is 9.44. The molecule has 0 bridgehead atoms. The Bertz CT molecular complexity index is 562. The van der Waals surface area contributed by atoms with Gasteiger partial charge in [-0.1, -0.05) is 36.9 Å². The zero-order valence-corrected chi connectivity index (χ0v) is 13.0. The third-order valence-corrected chi connectivity index (χ3v) is 4.14. The fourth-order valence-corrected chi connectivity index (χ4v) is 2.86. The van der Waals surface area contributed by atoms with Crippen LogP contribution < -0.4 is 0 Å². The molecule has 1 aliphatic rings. The first kappa shape index (κ1) is 16.2. The molecule has 0 saturated carbocycles. The smallest absolute Gasteiger partial charge is 0.327 e. The summed E-state index contributed by atoms with van der Waals surface area (Å²) in [7, 11) is 2.50. The van der Waals surface area contributed by atoms with E-state index in [-0.39, 0.29) is 6.42 Å². The lowest BCUT2D eigenvalue weighted by molar-refractivity contribution is -0.175. The van der Waals surface area contributed by atoms with E-state index in [0.29, 0.717) is 5.57 Å². The molecule has 0 N–H and O–H groups in total. The predicted molar refractivity (Wildman–Crippen MR) is 80.0 cm³/mol. The van der Waals surface area contributed by atoms with Gasteiger partial charge in [-0.15, -0.1) is 0 Å². The van der Waals surface area contributed by atoms with E-state index in [9.17, 15) is 9.59 Å². The van der Waals surface area contributed by atoms with Crippen LogP contribution >= 0.6 is 0 Å². The second-order valence-corrected chi connectivity index (χ2v) is 5.30. The number of rotatable bonds is 3. The minimum atomic E-state index is -1.54. The number of esters is 2. The zero-order chi connectivity index (χ0) is 16.3. The second kappa shape index (κ2) is 6.32. The molecule has 1 fully saturated rings. The van der Waals surface area contributed by atoms with Crippen molar-refractivity contribution in [1.82, 2.24) is 0 Å². The lowest BCUT2D eigenvalue weighted by atomic mass is 9.71. The maximum absolute atomic E-state index is 12.4. The maximum Gasteiger partial charge on any atom is 0.327 e. The summed E-state index contributed by atoms with van der Waals surface area (Å²) in [5, 5.41) is 0. The van der Waals surface area contributed by atoms with E-state index in [0.717, 1.165) is 5.56 Å². The van der Waals surface area contributed by atoms with Crippen molar-refractivity contribution in [2.75, 3.05) is 14.2 Å². The van der Waals surface area contributed by atoms with Gasteiger partial charge in [0.05, 0.1) is 26.4 Å². The number of carbonyl (C=O) groups is 2. The molecule has 0 aromatic heterocycles. The molecular formula is C17H20O5. The minimum absolute atomic E-state index is 0.111. The lowest BCUT2D eigenvalue weighted by Crippen LogP contribution is -2.50. The Morgan fingerprint density at radius 2 is 1.73 bits per heavy atom. The molecular weight excluding hydrogens is 284 g/mol. The van der Waals surface area contributed by atoms with Crippen molar-refractivity contribution < 1.29 is 23.8 Å². The van der Waals surface area contributed by atoms with Crippen LogP contribution in [0.3, 0.4) is 0 Å². The summed E-state index contributed by atoms with van der Waals surface area (Å²) in [4.78, 5) is 24.8. The number of hydrogen-bond donors (Lipinski definition) is 0. The topological polar surface area (TPSA) is 61.8 Å². The average Bonchev–Trinajstić information content (AvgIpc) is 2.56. The molecule has 2 unspecified atom stereocenters. The van der Waals surface area contributed by atoms with Crippen LogP contribution in [0.2, 0.25) is 0 Å². The molecule has 0 radical (unpaired) electrons. The van der Waals surface area contributed by atoms with E-state index in [1.165, 1.54) is 14.2 Å². The van der Waals surface area contributed by atoms with E-state index in [4.69, 9.17) is 14.2 Å². The maximum atomic E-state index is 12.4. The highest BCUT2D eigenvalue weighted by Gasteiger charge is 2.56. The van der Waals surface area contributed by atoms with Gasteiger partial charge in [0.2, 0.25) is 0 Å². The van der Waals surface area contributed by atoms with Crippen LogP contribution in [0.25, 0.3) is 0 Å². The molecule has 0 spiro atoms. The number of benzene rings is 1. The fraction of sp³-hybridized carbons (Fsp3) is 0.412. The van der Waals surface area contributed by atoms with Gasteiger partial charge in [-0.05, 0) is 18.1 Å². The average molecular weight is 304 g/mol. The highest BCUT2D eigenvalue weighted by molar-refractivity contribution is 6.03. The number of ether oxygens (including phenoxy) is 3. The van der Waals surface area contributed by atoms with Crippen LogP contribution in [0.1, 0.15) is 25.0 Å². The Morgan fingerprint density at radius 3 is 2.23 bits per heavy atom. The lowest BCUT2D eigenvalue weighted by Gasteiger charge is -2.41. The molecule has 2 atom stereocenters. The summed E-state index contributed by atoms with van der Waals surface area (Å²) in [5.74, 6) is -1.33. The summed E-state index contributed by atoms with van der Waals surface area (Å²) in [5.41, 5.74) is -0.292. The van der Waals surface area contributed by atoms with Gasteiger partial charge < -0.3 is 14.2 Å². The van der Waals surface area contributed by atoms with Gasteiger partial charge in [0.25, 0.3) is 0 Å². The summed E-state index contributed by atoms with van der Waals surface area (Å²) in [6.45, 7) is 5.65. The normalized spacial score (nSPS) is 23.7. The van der Waals surface area contributed by atoms with Gasteiger partial charge in [-0.3, -0.25) is 9.59 Å². The molecule has 5 nitrogen and oxygen atoms in total. The van der Waals surface area contributed by atoms with Crippen molar-refractivity contribution in [2.24, 2.45) is 5.41 Å². The van der Waals surface area contributed by atoms with Crippen LogP contribution in [-0.2, 0) is 23.8 Å². The van der Waals surface area contributed by atoms with Gasteiger partial charge in [0.15, 0.2) is 5.41 Å². The molecule has 1 aliphatic heterocycles. The van der Waals surface area contributed by atoms with E-state index in [2.05, 4.69) is 6.58 Å². The fourth-order valence-electron chi connectivity index (χ4n) is 2.86. The van der Waals surface area contributed by atoms with Crippen molar-refractivity contribution in [1.29, 1.82) is 0 Å². The zero-order valence-electron chi connectivity index (χ0n) is 13.0. The van der Waals surface area contributed by atoms with Gasteiger partial charge in [0, 0.05) is 6.42 Å². The summed E-state index contributed by atoms with van der Waals surface area (Å²) in [6.07, 6.45) is -0.781. The quantitative estimate of drug-likeness (QED) is 0.487. The molecule has 5 heteroatoms. The molecule has 1 aromatic rings. The number of methoxy groups -OCH3 is 2. The van der Waals surface area contributed by atoms with Gasteiger partial charge in [-0.25, -0.2) is 0 Å². The molecule has 1 heterocycles. The van der Waals surface area contributed by atoms with Crippen LogP contribution in [0.4, 0.5) is 0 Å². The van der Waals surface area contributed by atoms with Crippen LogP contribution in [0, 0.1) is 5.41 Å². The second-order valence-electron chi connectivity index (χ2n) is 5.30. The van der Waals surface area contributed by atoms with Crippen molar-refractivity contribution in [2.45, 2.75) is 25.6 Å². The minimum Gasteiger partial charge on any atom is -0.468 e. The molecule has 0 amide bonds. The van der Waals surface area contributed by atoms with Crippen molar-refractivity contribution in [3.05, 3.63) is 48.0 Å². The van der Waals surface area contributed by atoms with E-state index >= 15 is 0 Å². The van der Waals surface area contributed by atoms with E-state index in [1.807, 2.05) is 30.3 Å². The van der Waals surface area contributed by atoms with Crippen LogP contribution in [0.5, 0.6) is 0 Å². The van der Waals surface area contributed by atoms with Crippen LogP contribution in [0.15, 0.2) is 42.5 Å². The highest BCUT2D eigenvalue weighted by Crippen LogP contribution is 2.47. The van der Waals surface area contributed by atoms with Gasteiger partial charge >= 0.3 is 11.9 Å². The Labute approximate surface area is 129 Å². The largest absolute Gasteiger partial charge is 0.468 e. The highest BCUT2D eigenvalue weighted by atomic mass is 16.5. The van der Waals surface area contributed by atoms with Crippen molar-refractivity contribution in [3.63, 3.8) is 0 Å². The monoisotopic (exact) mass is 304 g/mol. The van der Waals surface area contributed by atoms with E-state index in [1.54, 1.807) is 6.92 Å². The van der Waals surface area contributed by atoms with Gasteiger partial charge in [-0.2, -0.15) is 0 Å². The summed E-state index contributed by atoms with van der Waals surface area (Å²) >= 11 is 0. The van der Waals surface area contributed by atoms with Crippen molar-refractivity contribution >= 4 is 11.9 Å². The first-order chi connectivity index (χ1) is 10.5. The molecule has 1 aromatic carbocycles. The Morgan fingerprint density at radius 1 is 1.18 bits per heavy atom. The molecule has 1 saturated heterocycles. The Kier molecular flexibility index (Phi) is 4.66. The van der Waals surface area contributed by atoms with E-state index < -0.39 is 29.6 Å². The first-order valence-corrected chi connectivity index (χ1v) is 7.04. The third-order valence-electron chi connectivity index (χ3n) is 4.14. The first-order valence-electron chi connectivity index (χ1n) is 7.04. The molecule has 118 valence electrons. The van der Waals surface area contributed by atoms with Crippen molar-refractivity contribution in [3.8, 4) is 0 Å². The van der Waals surface area contributed by atoms with Gasteiger partial charge in [0.1, 0.15) is 0 Å². The third kappa shape index (κ3) is 2.52. The molecule has 22 heavy (non-hydrogen) atoms. The molecule has 0 aliphatic carbocycles. The Hall–Kier alpha value is -2.14. The predicted octanol–water partition coefficient (Wildman–Crippen LogP) is 2.43. The number of hydrogen-bond acceptors (Lipinski definition) is 5. The SMILES string of the molecule is C=C1C(C)OC(c2ccccc2)CC1(C(=O)OC)C(=O)OC.